The lowest BCUT2D eigenvalue weighted by atomic mass is 10.2. The van der Waals surface area contributed by atoms with Gasteiger partial charge in [0.1, 0.15) is 12.4 Å². The van der Waals surface area contributed by atoms with Gasteiger partial charge in [0.2, 0.25) is 5.91 Å². The van der Waals surface area contributed by atoms with Gasteiger partial charge in [-0.15, -0.1) is 0 Å². The maximum absolute atomic E-state index is 12.6. The van der Waals surface area contributed by atoms with Crippen LogP contribution in [0.2, 0.25) is 0 Å². The van der Waals surface area contributed by atoms with E-state index < -0.39 is 0 Å². The molecule has 0 radical (unpaired) electrons. The molecule has 1 N–H and O–H groups in total. The largest absolute Gasteiger partial charge is 0.492 e. The van der Waals surface area contributed by atoms with E-state index in [-0.39, 0.29) is 24.4 Å². The van der Waals surface area contributed by atoms with Gasteiger partial charge < -0.3 is 14.6 Å². The van der Waals surface area contributed by atoms with Crippen LogP contribution in [0, 0.1) is 4.77 Å². The van der Waals surface area contributed by atoms with Crippen molar-refractivity contribution in [2.24, 2.45) is 0 Å². The molecule has 0 spiro atoms. The zero-order valence-corrected chi connectivity index (χ0v) is 17.8. The Balaban J connectivity index is 1.56. The SMILES string of the molecule is CN(CCOc1ccc(Br)cc1)C(=O)CCn1c(=S)[nH]c2ccccc2c1=O. The maximum atomic E-state index is 12.6. The number of nitrogens with zero attached hydrogens (tertiary/aromatic N) is 2. The van der Waals surface area contributed by atoms with Crippen molar-refractivity contribution in [2.45, 2.75) is 13.0 Å². The van der Waals surface area contributed by atoms with Crippen molar-refractivity contribution >= 4 is 45.0 Å². The Morgan fingerprint density at radius 1 is 1.21 bits per heavy atom. The molecule has 0 aliphatic rings. The highest BCUT2D eigenvalue weighted by molar-refractivity contribution is 9.10. The molecule has 6 nitrogen and oxygen atoms in total. The first-order valence-corrected chi connectivity index (χ1v) is 10.00. The number of ether oxygens (including phenoxy) is 1. The Morgan fingerprint density at radius 3 is 2.68 bits per heavy atom. The zero-order valence-electron chi connectivity index (χ0n) is 15.4. The number of aromatic amines is 1. The van der Waals surface area contributed by atoms with Gasteiger partial charge in [-0.1, -0.05) is 28.1 Å². The van der Waals surface area contributed by atoms with Gasteiger partial charge in [0, 0.05) is 24.5 Å². The summed E-state index contributed by atoms with van der Waals surface area (Å²) in [5, 5.41) is 0.555. The van der Waals surface area contributed by atoms with E-state index in [0.29, 0.717) is 28.8 Å². The first kappa shape index (κ1) is 20.3. The van der Waals surface area contributed by atoms with Crippen LogP contribution in [-0.2, 0) is 11.3 Å². The number of H-pyrrole nitrogens is 1. The fourth-order valence-electron chi connectivity index (χ4n) is 2.76. The zero-order chi connectivity index (χ0) is 20.1. The summed E-state index contributed by atoms with van der Waals surface area (Å²) in [5.74, 6) is 0.673. The third-order valence-corrected chi connectivity index (χ3v) is 5.22. The van der Waals surface area contributed by atoms with Gasteiger partial charge in [0.05, 0.1) is 17.4 Å². The molecule has 0 aliphatic carbocycles. The molecular formula is C20H20BrN3O3S. The van der Waals surface area contributed by atoms with Crippen molar-refractivity contribution in [3.63, 3.8) is 0 Å². The normalized spacial score (nSPS) is 10.8. The molecule has 8 heteroatoms. The molecule has 1 amide bonds. The molecule has 2 aromatic carbocycles. The molecule has 0 bridgehead atoms. The van der Waals surface area contributed by atoms with E-state index >= 15 is 0 Å². The molecule has 3 aromatic rings. The highest BCUT2D eigenvalue weighted by Gasteiger charge is 2.11. The molecule has 146 valence electrons. The molecular weight excluding hydrogens is 442 g/mol. The van der Waals surface area contributed by atoms with Crippen molar-refractivity contribution in [1.82, 2.24) is 14.5 Å². The van der Waals surface area contributed by atoms with Crippen LogP contribution >= 0.6 is 28.1 Å². The number of para-hydroxylation sites is 1. The molecule has 1 aromatic heterocycles. The van der Waals surface area contributed by atoms with E-state index in [4.69, 9.17) is 17.0 Å². The summed E-state index contributed by atoms with van der Waals surface area (Å²) in [7, 11) is 1.72. The van der Waals surface area contributed by atoms with E-state index in [0.717, 1.165) is 10.2 Å². The van der Waals surface area contributed by atoms with Crippen LogP contribution in [0.4, 0.5) is 0 Å². The summed E-state index contributed by atoms with van der Waals surface area (Å²) in [5.41, 5.74) is 0.510. The number of carbonyl (C=O) groups is 1. The number of fused-ring (bicyclic) bond motifs is 1. The number of amides is 1. The molecule has 0 saturated carbocycles. The number of rotatable bonds is 7. The van der Waals surface area contributed by atoms with Crippen LogP contribution in [0.15, 0.2) is 57.8 Å². The van der Waals surface area contributed by atoms with Crippen LogP contribution in [0.1, 0.15) is 6.42 Å². The fraction of sp³-hybridized carbons (Fsp3) is 0.250. The van der Waals surface area contributed by atoms with Crippen molar-refractivity contribution in [1.29, 1.82) is 0 Å². The fourth-order valence-corrected chi connectivity index (χ4v) is 3.30. The maximum Gasteiger partial charge on any atom is 0.262 e. The molecule has 0 unspecified atom stereocenters. The summed E-state index contributed by atoms with van der Waals surface area (Å²) in [4.78, 5) is 29.6. The van der Waals surface area contributed by atoms with E-state index in [1.54, 1.807) is 30.1 Å². The third-order valence-electron chi connectivity index (χ3n) is 4.37. The molecule has 28 heavy (non-hydrogen) atoms. The van der Waals surface area contributed by atoms with Gasteiger partial charge in [-0.3, -0.25) is 14.2 Å². The van der Waals surface area contributed by atoms with Crippen LogP contribution in [0.3, 0.4) is 0 Å². The second kappa shape index (κ2) is 9.16. The molecule has 0 atom stereocenters. The summed E-state index contributed by atoms with van der Waals surface area (Å²) in [6, 6.07) is 14.7. The molecule has 0 saturated heterocycles. The van der Waals surface area contributed by atoms with Gasteiger partial charge >= 0.3 is 0 Å². The number of carbonyl (C=O) groups excluding carboxylic acids is 1. The van der Waals surface area contributed by atoms with Crippen molar-refractivity contribution in [2.75, 3.05) is 20.2 Å². The van der Waals surface area contributed by atoms with Crippen LogP contribution in [0.5, 0.6) is 5.75 Å². The molecule has 0 aliphatic heterocycles. The predicted molar refractivity (Wildman–Crippen MR) is 115 cm³/mol. The number of nitrogens with one attached hydrogen (secondary N) is 1. The average molecular weight is 462 g/mol. The van der Waals surface area contributed by atoms with Gasteiger partial charge in [-0.05, 0) is 48.6 Å². The highest BCUT2D eigenvalue weighted by atomic mass is 79.9. The summed E-state index contributed by atoms with van der Waals surface area (Å²) in [6.07, 6.45) is 0.185. The highest BCUT2D eigenvalue weighted by Crippen LogP contribution is 2.16. The average Bonchev–Trinajstić information content (AvgIpc) is 2.69. The molecule has 3 rings (SSSR count). The first-order valence-electron chi connectivity index (χ1n) is 8.80. The van der Waals surface area contributed by atoms with Crippen LogP contribution in [-0.4, -0.2) is 40.6 Å². The van der Waals surface area contributed by atoms with E-state index in [1.165, 1.54) is 4.57 Å². The van der Waals surface area contributed by atoms with Gasteiger partial charge in [0.25, 0.3) is 5.56 Å². The van der Waals surface area contributed by atoms with E-state index in [2.05, 4.69) is 20.9 Å². The van der Waals surface area contributed by atoms with Crippen molar-refractivity contribution in [3.8, 4) is 5.75 Å². The lowest BCUT2D eigenvalue weighted by Crippen LogP contribution is -2.32. The van der Waals surface area contributed by atoms with E-state index in [1.807, 2.05) is 30.3 Å². The first-order chi connectivity index (χ1) is 13.5. The predicted octanol–water partition coefficient (Wildman–Crippen LogP) is 3.75. The summed E-state index contributed by atoms with van der Waals surface area (Å²) >= 11 is 8.65. The number of halogens is 1. The number of hydrogen-bond donors (Lipinski definition) is 1. The van der Waals surface area contributed by atoms with E-state index in [9.17, 15) is 9.59 Å². The Kier molecular flexibility index (Phi) is 6.64. The minimum absolute atomic E-state index is 0.0751. The van der Waals surface area contributed by atoms with Crippen molar-refractivity contribution < 1.29 is 9.53 Å². The quantitative estimate of drug-likeness (QED) is 0.544. The number of benzene rings is 2. The van der Waals surface area contributed by atoms with Gasteiger partial charge in [-0.25, -0.2) is 0 Å². The Bertz CT molecular complexity index is 1090. The summed E-state index contributed by atoms with van der Waals surface area (Å²) in [6.45, 7) is 1.07. The minimum Gasteiger partial charge on any atom is -0.492 e. The van der Waals surface area contributed by atoms with Crippen LogP contribution in [0.25, 0.3) is 10.9 Å². The molecule has 0 fully saturated rings. The monoisotopic (exact) mass is 461 g/mol. The van der Waals surface area contributed by atoms with Gasteiger partial charge in [-0.2, -0.15) is 0 Å². The Morgan fingerprint density at radius 2 is 1.93 bits per heavy atom. The third kappa shape index (κ3) is 4.88. The smallest absolute Gasteiger partial charge is 0.262 e. The lowest BCUT2D eigenvalue weighted by Gasteiger charge is -2.18. The standard InChI is InChI=1S/C20H20BrN3O3S/c1-23(12-13-27-15-8-6-14(21)7-9-15)18(25)10-11-24-19(26)16-4-2-3-5-17(16)22-20(24)28/h2-9H,10-13H2,1H3,(H,22,28). The van der Waals surface area contributed by atoms with Crippen LogP contribution < -0.4 is 10.3 Å². The topological polar surface area (TPSA) is 67.3 Å². The molecule has 1 heterocycles. The number of aromatic nitrogens is 2. The minimum atomic E-state index is -0.187. The van der Waals surface area contributed by atoms with Crippen molar-refractivity contribution in [3.05, 3.63) is 68.1 Å². The second-order valence-electron chi connectivity index (χ2n) is 6.30. The Hall–Kier alpha value is -2.45. The van der Waals surface area contributed by atoms with Gasteiger partial charge in [0.15, 0.2) is 4.77 Å². The lowest BCUT2D eigenvalue weighted by molar-refractivity contribution is -0.130. The number of hydrogen-bond acceptors (Lipinski definition) is 4. The summed E-state index contributed by atoms with van der Waals surface area (Å²) < 4.78 is 8.37. The Labute approximate surface area is 175 Å². The second-order valence-corrected chi connectivity index (χ2v) is 7.60. The number of likely N-dealkylation sites (N-methyl/N-ethyl adjacent to an activating group) is 1.